The van der Waals surface area contributed by atoms with Gasteiger partial charge < -0.3 is 39.9 Å². The van der Waals surface area contributed by atoms with Crippen LogP contribution in [0.1, 0.15) is 187 Å². The average Bonchev–Trinajstić information content (AvgIpc) is 3.22. The van der Waals surface area contributed by atoms with E-state index in [9.17, 15) is 49.4 Å². The van der Waals surface area contributed by atoms with E-state index in [1.54, 1.807) is 12.2 Å². The second-order valence-electron chi connectivity index (χ2n) is 16.3. The third-order valence-electron chi connectivity index (χ3n) is 10.8. The summed E-state index contributed by atoms with van der Waals surface area (Å²) in [6, 6.07) is 0. The lowest BCUT2D eigenvalue weighted by atomic mass is 9.85. The van der Waals surface area contributed by atoms with Gasteiger partial charge in [-0.05, 0) is 38.2 Å². The number of phosphoric acid groups is 1. The first kappa shape index (κ1) is 56.0. The van der Waals surface area contributed by atoms with Crippen LogP contribution in [-0.4, -0.2) is 104 Å². The first-order valence-corrected chi connectivity index (χ1v) is 24.6. The van der Waals surface area contributed by atoms with Crippen LogP contribution in [0.3, 0.4) is 0 Å². The van der Waals surface area contributed by atoms with E-state index < -0.39 is 75.7 Å². The fourth-order valence-electron chi connectivity index (χ4n) is 6.97. The maximum atomic E-state index is 12.8. The van der Waals surface area contributed by atoms with Crippen LogP contribution in [0, 0.1) is 0 Å². The zero-order valence-corrected chi connectivity index (χ0v) is 37.6. The molecule has 0 heterocycles. The van der Waals surface area contributed by atoms with Gasteiger partial charge >= 0.3 is 19.8 Å². The van der Waals surface area contributed by atoms with Gasteiger partial charge in [-0.1, -0.05) is 154 Å². The first-order valence-electron chi connectivity index (χ1n) is 23.1. The van der Waals surface area contributed by atoms with Crippen molar-refractivity contribution < 1.29 is 67.9 Å². The van der Waals surface area contributed by atoms with Crippen LogP contribution < -0.4 is 0 Å². The lowest BCUT2D eigenvalue weighted by Crippen LogP contribution is -2.64. The molecule has 1 saturated carbocycles. The fourth-order valence-corrected chi connectivity index (χ4v) is 7.95. The molecule has 15 heteroatoms. The summed E-state index contributed by atoms with van der Waals surface area (Å²) >= 11 is 0. The molecule has 1 rings (SSSR count). The van der Waals surface area contributed by atoms with Gasteiger partial charge in [0.05, 0.1) is 6.61 Å². The van der Waals surface area contributed by atoms with Gasteiger partial charge in [0.15, 0.2) is 11.9 Å². The maximum Gasteiger partial charge on any atom is 0.472 e. The number of hydrogen-bond acceptors (Lipinski definition) is 13. The zero-order chi connectivity index (χ0) is 44.4. The summed E-state index contributed by atoms with van der Waals surface area (Å²) in [6.07, 6.45) is 20.7. The van der Waals surface area contributed by atoms with Crippen molar-refractivity contribution in [3.05, 3.63) is 24.3 Å². The largest absolute Gasteiger partial charge is 0.472 e. The van der Waals surface area contributed by atoms with Gasteiger partial charge in [0.25, 0.3) is 0 Å². The minimum Gasteiger partial charge on any atom is -0.462 e. The number of carbonyl (C=O) groups is 3. The van der Waals surface area contributed by atoms with E-state index in [0.717, 1.165) is 77.0 Å². The van der Waals surface area contributed by atoms with Crippen LogP contribution in [0.15, 0.2) is 24.3 Å². The molecule has 1 fully saturated rings. The molecule has 0 radical (unpaired) electrons. The number of rotatable bonds is 38. The van der Waals surface area contributed by atoms with E-state index >= 15 is 0 Å². The second kappa shape index (κ2) is 35.5. The highest BCUT2D eigenvalue weighted by atomic mass is 31.2. The van der Waals surface area contributed by atoms with Crippen molar-refractivity contribution in [3.63, 3.8) is 0 Å². The summed E-state index contributed by atoms with van der Waals surface area (Å²) in [6.45, 7) is 3.12. The summed E-state index contributed by atoms with van der Waals surface area (Å²) in [5.74, 6) is -1.01. The molecule has 1 aliphatic carbocycles. The zero-order valence-electron chi connectivity index (χ0n) is 36.8. The number of aliphatic hydroxyl groups excluding tert-OH is 5. The van der Waals surface area contributed by atoms with E-state index in [1.165, 1.54) is 64.2 Å². The van der Waals surface area contributed by atoms with Crippen molar-refractivity contribution in [2.24, 2.45) is 0 Å². The van der Waals surface area contributed by atoms with E-state index in [-0.39, 0.29) is 18.6 Å². The minimum absolute atomic E-state index is 0.0832. The predicted octanol–water partition coefficient (Wildman–Crippen LogP) is 8.02. The number of allylic oxidation sites excluding steroid dienone is 4. The quantitative estimate of drug-likeness (QED) is 0.0114. The highest BCUT2D eigenvalue weighted by Crippen LogP contribution is 2.47. The topological polar surface area (TPSA) is 227 Å². The molecular weight excluding hydrogens is 795 g/mol. The average molecular weight is 877 g/mol. The third kappa shape index (κ3) is 27.8. The molecule has 0 aromatic heterocycles. The molecule has 0 bridgehead atoms. The number of aliphatic hydroxyl groups is 5. The number of hydrogen-bond donors (Lipinski definition) is 6. The van der Waals surface area contributed by atoms with E-state index in [1.807, 2.05) is 12.2 Å². The van der Waals surface area contributed by atoms with Gasteiger partial charge in [-0.2, -0.15) is 0 Å². The Balaban J connectivity index is 2.48. The van der Waals surface area contributed by atoms with Gasteiger partial charge in [0.1, 0.15) is 43.2 Å². The van der Waals surface area contributed by atoms with Gasteiger partial charge in [0.2, 0.25) is 0 Å². The monoisotopic (exact) mass is 877 g/mol. The number of ketones is 1. The number of phosphoric ester groups is 1. The Hall–Kier alpha value is -2.00. The van der Waals surface area contributed by atoms with Crippen molar-refractivity contribution in [1.82, 2.24) is 0 Å². The van der Waals surface area contributed by atoms with Crippen LogP contribution in [0.5, 0.6) is 0 Å². The van der Waals surface area contributed by atoms with E-state index in [4.69, 9.17) is 18.5 Å². The van der Waals surface area contributed by atoms with Crippen molar-refractivity contribution >= 4 is 25.5 Å². The molecule has 6 N–H and O–H groups in total. The van der Waals surface area contributed by atoms with Gasteiger partial charge in [-0.25, -0.2) is 4.57 Å². The summed E-state index contributed by atoms with van der Waals surface area (Å²) in [7, 11) is -5.13. The van der Waals surface area contributed by atoms with Crippen molar-refractivity contribution in [1.29, 1.82) is 0 Å². The van der Waals surface area contributed by atoms with Gasteiger partial charge in [-0.3, -0.25) is 23.4 Å². The molecule has 0 amide bonds. The summed E-state index contributed by atoms with van der Waals surface area (Å²) < 4.78 is 33.5. The molecule has 0 aromatic carbocycles. The number of carbonyl (C=O) groups excluding carboxylic acids is 3. The van der Waals surface area contributed by atoms with Crippen LogP contribution >= 0.6 is 7.82 Å². The Morgan fingerprint density at radius 1 is 0.550 bits per heavy atom. The molecular formula is C45H81O14P. The van der Waals surface area contributed by atoms with Crippen molar-refractivity contribution in [2.75, 3.05) is 13.2 Å². The molecule has 1 aliphatic rings. The Morgan fingerprint density at radius 2 is 0.983 bits per heavy atom. The molecule has 0 spiro atoms. The molecule has 0 aliphatic heterocycles. The summed E-state index contributed by atoms with van der Waals surface area (Å²) in [4.78, 5) is 47.4. The smallest absolute Gasteiger partial charge is 0.462 e. The minimum atomic E-state index is -5.13. The van der Waals surface area contributed by atoms with Crippen molar-refractivity contribution in [2.45, 2.75) is 230 Å². The molecule has 60 heavy (non-hydrogen) atoms. The van der Waals surface area contributed by atoms with Crippen LogP contribution in [0.25, 0.3) is 0 Å². The van der Waals surface area contributed by atoms with Gasteiger partial charge in [-0.15, -0.1) is 0 Å². The third-order valence-corrected chi connectivity index (χ3v) is 11.8. The maximum absolute atomic E-state index is 12.8. The molecule has 3 unspecified atom stereocenters. The summed E-state index contributed by atoms with van der Waals surface area (Å²) in [5, 5.41) is 50.1. The number of esters is 2. The molecule has 8 atom stereocenters. The van der Waals surface area contributed by atoms with E-state index in [2.05, 4.69) is 13.8 Å². The second-order valence-corrected chi connectivity index (χ2v) is 17.7. The SMILES string of the molecule is CCCCCCCCCCCCCCCCCC(=O)O[C@H](COC(=O)CCCCCCC/C=C\C=C\C(=O)CCCCC)COP(=O)(O)OC1[C@H](O)[C@H](O)C(O)[C@H](O)[C@H]1O. The predicted molar refractivity (Wildman–Crippen MR) is 231 cm³/mol. The van der Waals surface area contributed by atoms with Crippen molar-refractivity contribution in [3.8, 4) is 0 Å². The lowest BCUT2D eigenvalue weighted by molar-refractivity contribution is -0.220. The van der Waals surface area contributed by atoms with Gasteiger partial charge in [0, 0.05) is 19.3 Å². The Bertz CT molecular complexity index is 1210. The normalized spacial score (nSPS) is 22.3. The lowest BCUT2D eigenvalue weighted by Gasteiger charge is -2.41. The Labute approximate surface area is 360 Å². The number of unbranched alkanes of at least 4 members (excludes halogenated alkanes) is 21. The molecule has 14 nitrogen and oxygen atoms in total. The van der Waals surface area contributed by atoms with E-state index in [0.29, 0.717) is 19.3 Å². The van der Waals surface area contributed by atoms with Crippen LogP contribution in [-0.2, 0) is 37.5 Å². The fraction of sp³-hybridized carbons (Fsp3) is 0.844. The Kier molecular flexibility index (Phi) is 33.1. The highest BCUT2D eigenvalue weighted by Gasteiger charge is 2.51. The molecule has 0 saturated heterocycles. The van der Waals surface area contributed by atoms with Crippen LogP contribution in [0.2, 0.25) is 0 Å². The summed E-state index contributed by atoms with van der Waals surface area (Å²) in [5.41, 5.74) is 0. The highest BCUT2D eigenvalue weighted by molar-refractivity contribution is 7.47. The van der Waals surface area contributed by atoms with Crippen LogP contribution in [0.4, 0.5) is 0 Å². The Morgan fingerprint density at radius 3 is 1.52 bits per heavy atom. The standard InChI is InChI=1S/C45H81O14P/c1-3-5-7-8-9-10-11-12-13-14-15-18-22-25-29-33-39(48)58-37(35-57-60(54,55)59-45-43(52)41(50)40(49)42(51)44(45)53)34-56-38(47)32-28-24-21-19-16-17-20-23-27-31-36(46)30-26-6-4-2/h20,23,27,31,37,40-45,49-53H,3-19,21-22,24-26,28-30,32-35H2,1-2H3,(H,54,55)/b23-20-,31-27+/t37-,40?,41-,42+,43-,44-,45?/m1/s1. The molecule has 350 valence electrons. The molecule has 0 aromatic rings. The first-order chi connectivity index (χ1) is 28.8. The number of ether oxygens (including phenoxy) is 2.